The number of aliphatic hydroxyl groups is 1. The molecule has 4 nitrogen and oxygen atoms in total. The molecule has 2 N–H and O–H groups in total. The van der Waals surface area contributed by atoms with Gasteiger partial charge in [-0.25, -0.2) is 0 Å². The number of aromatic hydroxyl groups is 1. The van der Waals surface area contributed by atoms with Gasteiger partial charge in [0.05, 0.1) is 0 Å². The van der Waals surface area contributed by atoms with Gasteiger partial charge in [-0.2, -0.15) is 0 Å². The van der Waals surface area contributed by atoms with Crippen LogP contribution in [0.1, 0.15) is 81.7 Å². The van der Waals surface area contributed by atoms with Crippen molar-refractivity contribution in [2.75, 3.05) is 11.5 Å². The van der Waals surface area contributed by atoms with Gasteiger partial charge in [0.1, 0.15) is 0 Å². The average Bonchev–Trinajstić information content (AvgIpc) is 3.01. The molecule has 0 radical (unpaired) electrons. The first-order valence-corrected chi connectivity index (χ1v) is 18.7. The van der Waals surface area contributed by atoms with Crippen LogP contribution in [-0.4, -0.2) is 31.5 Å². The van der Waals surface area contributed by atoms with Crippen molar-refractivity contribution in [1.82, 2.24) is 0 Å². The Kier molecular flexibility index (Phi) is 11.1. The third-order valence-corrected chi connectivity index (χ3v) is 11.9. The number of benzene rings is 4. The van der Waals surface area contributed by atoms with Crippen molar-refractivity contribution in [2.45, 2.75) is 81.3 Å². The zero-order chi connectivity index (χ0) is 32.0. The fraction of sp³-hybridized carbons (Fsp3) is 0.385. The van der Waals surface area contributed by atoms with Gasteiger partial charge >= 0.3 is 251 Å². The van der Waals surface area contributed by atoms with Gasteiger partial charge < -0.3 is 0 Å². The molecule has 0 spiro atoms. The summed E-state index contributed by atoms with van der Waals surface area (Å²) in [6.45, 7) is 13.3. The normalized spacial score (nSPS) is 14.2. The van der Waals surface area contributed by atoms with Crippen LogP contribution in [0.2, 0.25) is 0 Å². The Morgan fingerprint density at radius 3 is 1.57 bits per heavy atom. The molecule has 0 aromatic heterocycles. The van der Waals surface area contributed by atoms with E-state index in [1.807, 2.05) is 36.4 Å². The standard InChI is InChI=1S/C39H48IO4/c1-8-25-39(40-7,44-36-23-17-32(18-24-36)38(5,6)30-13-19-33(41)20-14-30)26-34(42)27-43-35-21-15-31(16-22-35)37(3,4)29-11-9-28(2)10-12-29/h9-24,34,41-42H,8,25-27H2,1-7H3/q-1/t34-,39-/m0/s1. The van der Waals surface area contributed by atoms with Crippen LogP contribution in [-0.2, 0) is 10.8 Å². The van der Waals surface area contributed by atoms with E-state index >= 15 is 0 Å². The van der Waals surface area contributed by atoms with Gasteiger partial charge in [-0.3, -0.25) is 0 Å². The van der Waals surface area contributed by atoms with Crippen molar-refractivity contribution in [1.29, 1.82) is 0 Å². The van der Waals surface area contributed by atoms with Crippen LogP contribution >= 0.6 is 0 Å². The average molecular weight is 708 g/mol. The van der Waals surface area contributed by atoms with Gasteiger partial charge in [-0.15, -0.1) is 0 Å². The van der Waals surface area contributed by atoms with E-state index in [1.54, 1.807) is 12.1 Å². The molecule has 0 aliphatic heterocycles. The molecule has 4 aromatic rings. The van der Waals surface area contributed by atoms with Crippen LogP contribution in [0.5, 0.6) is 17.2 Å². The summed E-state index contributed by atoms with van der Waals surface area (Å²) in [5, 5.41) is 20.8. The number of aryl methyl sites for hydroxylation is 1. The van der Waals surface area contributed by atoms with Gasteiger partial charge in [-0.05, 0) is 6.92 Å². The van der Waals surface area contributed by atoms with Crippen LogP contribution in [0.15, 0.2) is 97.1 Å². The van der Waals surface area contributed by atoms with E-state index in [-0.39, 0.29) is 48.0 Å². The minimum absolute atomic E-state index is 0.118. The van der Waals surface area contributed by atoms with Gasteiger partial charge in [0.2, 0.25) is 0 Å². The van der Waals surface area contributed by atoms with Crippen molar-refractivity contribution in [2.24, 2.45) is 0 Å². The molecule has 44 heavy (non-hydrogen) atoms. The molecular weight excluding hydrogens is 659 g/mol. The molecule has 0 saturated heterocycles. The van der Waals surface area contributed by atoms with Crippen LogP contribution in [0.4, 0.5) is 0 Å². The molecule has 0 amide bonds. The molecule has 0 saturated carbocycles. The summed E-state index contributed by atoms with van der Waals surface area (Å²) >= 11 is -0.353. The molecule has 0 aliphatic rings. The van der Waals surface area contributed by atoms with E-state index in [4.69, 9.17) is 9.47 Å². The van der Waals surface area contributed by atoms with E-state index in [0.717, 1.165) is 29.9 Å². The van der Waals surface area contributed by atoms with Crippen molar-refractivity contribution in [3.05, 3.63) is 125 Å². The first kappa shape index (κ1) is 33.9. The monoisotopic (exact) mass is 707 g/mol. The van der Waals surface area contributed by atoms with Gasteiger partial charge in [0.15, 0.2) is 0 Å². The summed E-state index contributed by atoms with van der Waals surface area (Å²) in [7, 11) is 0. The molecule has 4 rings (SSSR count). The first-order valence-electron chi connectivity index (χ1n) is 15.5. The van der Waals surface area contributed by atoms with Gasteiger partial charge in [0.25, 0.3) is 0 Å². The summed E-state index contributed by atoms with van der Waals surface area (Å²) < 4.78 is 12.4. The Balaban J connectivity index is 1.39. The van der Waals surface area contributed by atoms with E-state index in [9.17, 15) is 10.2 Å². The van der Waals surface area contributed by atoms with Gasteiger partial charge in [0, 0.05) is 0 Å². The predicted octanol–water partition coefficient (Wildman–Crippen LogP) is 5.78. The molecule has 0 fully saturated rings. The molecule has 0 heterocycles. The Morgan fingerprint density at radius 1 is 0.682 bits per heavy atom. The number of phenols is 1. The van der Waals surface area contributed by atoms with Crippen LogP contribution < -0.4 is 30.7 Å². The number of alkyl halides is 2. The van der Waals surface area contributed by atoms with Crippen LogP contribution in [0, 0.1) is 6.92 Å². The minimum atomic E-state index is -0.641. The van der Waals surface area contributed by atoms with Gasteiger partial charge in [-0.1, -0.05) is 17.7 Å². The third kappa shape index (κ3) is 8.16. The summed E-state index contributed by atoms with van der Waals surface area (Å²) in [4.78, 5) is 2.24. The number of rotatable bonds is 14. The number of hydrogen-bond donors (Lipinski definition) is 2. The Bertz CT molecular complexity index is 1460. The molecule has 236 valence electrons. The van der Waals surface area contributed by atoms with E-state index in [2.05, 4.69) is 95.0 Å². The van der Waals surface area contributed by atoms with Crippen molar-refractivity contribution >= 4 is 0 Å². The maximum absolute atomic E-state index is 11.1. The molecule has 4 aromatic carbocycles. The summed E-state index contributed by atoms with van der Waals surface area (Å²) in [6.07, 6.45) is 1.75. The second-order valence-corrected chi connectivity index (χ2v) is 15.8. The van der Waals surface area contributed by atoms with Crippen LogP contribution in [0.25, 0.3) is 0 Å². The topological polar surface area (TPSA) is 58.9 Å². The molecule has 0 unspecified atom stereocenters. The molecule has 0 bridgehead atoms. The quantitative estimate of drug-likeness (QED) is 0.129. The summed E-state index contributed by atoms with van der Waals surface area (Å²) in [5.74, 6) is 1.85. The number of ether oxygens (including phenoxy) is 2. The Hall–Kier alpha value is -3.03. The van der Waals surface area contributed by atoms with Crippen molar-refractivity contribution in [3.8, 4) is 17.2 Å². The molecule has 2 atom stereocenters. The Labute approximate surface area is 274 Å². The molecule has 5 heteroatoms. The van der Waals surface area contributed by atoms with Crippen molar-refractivity contribution < 1.29 is 40.9 Å². The molecule has 0 aliphatic carbocycles. The summed E-state index contributed by atoms with van der Waals surface area (Å²) in [6, 6.07) is 32.7. The predicted molar refractivity (Wildman–Crippen MR) is 177 cm³/mol. The fourth-order valence-corrected chi connectivity index (χ4v) is 8.18. The number of halogens is 1. The number of phenolic OH excluding ortho intramolecular Hbond substituents is 1. The van der Waals surface area contributed by atoms with Crippen molar-refractivity contribution in [3.63, 3.8) is 0 Å². The second kappa shape index (κ2) is 14.4. The zero-order valence-corrected chi connectivity index (χ0v) is 29.4. The molecular formula is C39H48IO4-. The van der Waals surface area contributed by atoms with E-state index in [1.165, 1.54) is 22.3 Å². The third-order valence-electron chi connectivity index (χ3n) is 8.77. The first-order chi connectivity index (χ1) is 20.9. The zero-order valence-electron chi connectivity index (χ0n) is 27.2. The number of hydrogen-bond acceptors (Lipinski definition) is 4. The number of aliphatic hydroxyl groups excluding tert-OH is 1. The second-order valence-electron chi connectivity index (χ2n) is 12.8. The van der Waals surface area contributed by atoms with E-state index < -0.39 is 6.10 Å². The SMILES string of the molecule is CCC[C@@](C[C@H](O)COc1ccc(C(C)(C)c2ccc(C)cc2)cc1)(Oc1ccc(C(C)(C)c2ccc(O)cc2)cc1)[I-]C. The fourth-order valence-electron chi connectivity index (χ4n) is 5.68. The summed E-state index contributed by atoms with van der Waals surface area (Å²) in [5.41, 5.74) is 5.73. The maximum atomic E-state index is 11.1. The van der Waals surface area contributed by atoms with Crippen LogP contribution in [0.3, 0.4) is 0 Å². The van der Waals surface area contributed by atoms with E-state index in [0.29, 0.717) is 6.42 Å². The Morgan fingerprint density at radius 2 is 1.11 bits per heavy atom.